The maximum absolute atomic E-state index is 14.0. The van der Waals surface area contributed by atoms with Crippen molar-refractivity contribution in [3.8, 4) is 23.0 Å². The molecule has 4 rings (SSSR count). The third-order valence-electron chi connectivity index (χ3n) is 7.60. The van der Waals surface area contributed by atoms with Crippen LogP contribution in [0.15, 0.2) is 57.3 Å². The largest absolute Gasteiger partial charge is 0.493 e. The number of nitrogens with one attached hydrogen (secondary N) is 1. The first kappa shape index (κ1) is 29.5. The van der Waals surface area contributed by atoms with E-state index in [1.165, 1.54) is 0 Å². The Labute approximate surface area is 243 Å². The van der Waals surface area contributed by atoms with Crippen LogP contribution in [0.25, 0.3) is 0 Å². The molecule has 0 saturated carbocycles. The number of hydrogen-bond acceptors (Lipinski definition) is 8. The van der Waals surface area contributed by atoms with Gasteiger partial charge in [-0.15, -0.1) is 0 Å². The van der Waals surface area contributed by atoms with E-state index in [0.29, 0.717) is 57.2 Å². The summed E-state index contributed by atoms with van der Waals surface area (Å²) in [7, 11) is 6.30. The molecule has 0 amide bonds. The Kier molecular flexibility index (Phi) is 9.13. The van der Waals surface area contributed by atoms with Gasteiger partial charge in [-0.3, -0.25) is 4.79 Å². The van der Waals surface area contributed by atoms with Crippen LogP contribution >= 0.6 is 15.9 Å². The smallest absolute Gasteiger partial charge is 0.337 e. The SMILES string of the molecule is CCC(C)OC(=O)C1=C(C)NC2=C(C(=O)CC(c3ccc(OC)c(OC)c3)C2)C1c1cc(Br)c(OC)c(OC)c1. The molecule has 2 aromatic carbocycles. The zero-order chi connectivity index (χ0) is 29.1. The predicted octanol–water partition coefficient (Wildman–Crippen LogP) is 6.19. The summed E-state index contributed by atoms with van der Waals surface area (Å²) in [5, 5.41) is 3.40. The van der Waals surface area contributed by atoms with Crippen molar-refractivity contribution in [1.29, 1.82) is 0 Å². The lowest BCUT2D eigenvalue weighted by Gasteiger charge is -2.37. The minimum atomic E-state index is -0.636. The first-order valence-corrected chi connectivity index (χ1v) is 14.0. The van der Waals surface area contributed by atoms with Crippen molar-refractivity contribution in [3.05, 3.63) is 68.5 Å². The van der Waals surface area contributed by atoms with Crippen LogP contribution in [0.5, 0.6) is 23.0 Å². The standard InChI is InChI=1S/C31H36BrNO7/c1-8-16(2)40-31(35)27-17(3)33-22-12-19(18-9-10-24(36-4)25(14-18)37-5)13-23(34)29(22)28(27)20-11-21(32)30(39-7)26(15-20)38-6/h9-11,14-16,19,28,33H,8,12-13H2,1-7H3. The maximum atomic E-state index is 14.0. The van der Waals surface area contributed by atoms with Gasteiger partial charge >= 0.3 is 5.97 Å². The topological polar surface area (TPSA) is 92.3 Å². The van der Waals surface area contributed by atoms with E-state index in [9.17, 15) is 9.59 Å². The number of carbonyl (C=O) groups is 2. The van der Waals surface area contributed by atoms with E-state index in [2.05, 4.69) is 21.2 Å². The van der Waals surface area contributed by atoms with E-state index < -0.39 is 11.9 Å². The molecule has 2 aromatic rings. The van der Waals surface area contributed by atoms with Crippen molar-refractivity contribution >= 4 is 27.7 Å². The van der Waals surface area contributed by atoms with E-state index in [4.69, 9.17) is 23.7 Å². The summed E-state index contributed by atoms with van der Waals surface area (Å²) >= 11 is 3.58. The van der Waals surface area contributed by atoms with E-state index >= 15 is 0 Å². The summed E-state index contributed by atoms with van der Waals surface area (Å²) in [6.07, 6.45) is 1.29. The number of allylic oxidation sites excluding steroid dienone is 3. The summed E-state index contributed by atoms with van der Waals surface area (Å²) in [5.74, 6) is 1.08. The van der Waals surface area contributed by atoms with Crippen LogP contribution in [-0.2, 0) is 14.3 Å². The normalized spacial score (nSPS) is 19.4. The van der Waals surface area contributed by atoms with Crippen molar-refractivity contribution in [3.63, 3.8) is 0 Å². The quantitative estimate of drug-likeness (QED) is 0.335. The number of ketones is 1. The molecule has 0 radical (unpaired) electrons. The molecule has 8 nitrogen and oxygen atoms in total. The molecular formula is C31H36BrNO7. The molecule has 0 bridgehead atoms. The van der Waals surface area contributed by atoms with Crippen molar-refractivity contribution in [2.75, 3.05) is 28.4 Å². The second kappa shape index (κ2) is 12.4. The third kappa shape index (κ3) is 5.57. The van der Waals surface area contributed by atoms with Crippen LogP contribution in [0.3, 0.4) is 0 Å². The number of hydrogen-bond donors (Lipinski definition) is 1. The second-order valence-corrected chi connectivity index (χ2v) is 10.8. The van der Waals surface area contributed by atoms with Crippen LogP contribution in [0.2, 0.25) is 0 Å². The highest BCUT2D eigenvalue weighted by Gasteiger charge is 2.42. The molecule has 40 heavy (non-hydrogen) atoms. The van der Waals surface area contributed by atoms with Crippen molar-refractivity contribution < 1.29 is 33.3 Å². The Morgan fingerprint density at radius 3 is 2.27 bits per heavy atom. The van der Waals surface area contributed by atoms with Crippen LogP contribution in [0, 0.1) is 0 Å². The lowest BCUT2D eigenvalue weighted by Crippen LogP contribution is -2.36. The minimum absolute atomic E-state index is 0.0363. The number of esters is 1. The molecule has 214 valence electrons. The van der Waals surface area contributed by atoms with Gasteiger partial charge in [0.1, 0.15) is 0 Å². The van der Waals surface area contributed by atoms with Crippen LogP contribution in [-0.4, -0.2) is 46.3 Å². The summed E-state index contributed by atoms with van der Waals surface area (Å²) < 4.78 is 28.4. The fourth-order valence-electron chi connectivity index (χ4n) is 5.42. The Hall–Kier alpha value is -3.46. The van der Waals surface area contributed by atoms with Gasteiger partial charge in [-0.2, -0.15) is 0 Å². The predicted molar refractivity (Wildman–Crippen MR) is 155 cm³/mol. The molecule has 0 saturated heterocycles. The number of Topliss-reactive ketones (excluding diaryl/α,β-unsaturated/α-hetero) is 1. The average Bonchev–Trinajstić information content (AvgIpc) is 2.95. The number of methoxy groups -OCH3 is 4. The van der Waals surface area contributed by atoms with Crippen LogP contribution in [0.4, 0.5) is 0 Å². The Balaban J connectivity index is 1.84. The fraction of sp³-hybridized carbons (Fsp3) is 0.419. The van der Waals surface area contributed by atoms with Gasteiger partial charge in [0, 0.05) is 29.3 Å². The minimum Gasteiger partial charge on any atom is -0.493 e. The average molecular weight is 615 g/mol. The Morgan fingerprint density at radius 2 is 1.65 bits per heavy atom. The number of ether oxygens (including phenoxy) is 5. The van der Waals surface area contributed by atoms with Crippen molar-refractivity contribution in [2.45, 2.75) is 58.0 Å². The number of rotatable bonds is 9. The Morgan fingerprint density at radius 1 is 0.975 bits per heavy atom. The molecule has 1 heterocycles. The highest BCUT2D eigenvalue weighted by molar-refractivity contribution is 9.10. The molecule has 0 aromatic heterocycles. The lowest BCUT2D eigenvalue weighted by molar-refractivity contribution is -0.144. The number of benzene rings is 2. The summed E-state index contributed by atoms with van der Waals surface area (Å²) in [4.78, 5) is 27.6. The van der Waals surface area contributed by atoms with E-state index in [0.717, 1.165) is 16.8 Å². The van der Waals surface area contributed by atoms with E-state index in [-0.39, 0.29) is 24.2 Å². The van der Waals surface area contributed by atoms with Crippen LogP contribution in [0.1, 0.15) is 63.0 Å². The summed E-state index contributed by atoms with van der Waals surface area (Å²) in [6, 6.07) is 9.44. The molecule has 1 aliphatic heterocycles. The molecule has 2 aliphatic rings. The van der Waals surface area contributed by atoms with E-state index in [1.807, 2.05) is 51.1 Å². The van der Waals surface area contributed by atoms with Crippen molar-refractivity contribution in [2.24, 2.45) is 0 Å². The number of carbonyl (C=O) groups excluding carboxylic acids is 2. The number of halogens is 1. The Bertz CT molecular complexity index is 1380. The zero-order valence-corrected chi connectivity index (χ0v) is 25.6. The van der Waals surface area contributed by atoms with Gasteiger partial charge in [-0.25, -0.2) is 4.79 Å². The number of dihydropyridines is 1. The molecular weight excluding hydrogens is 578 g/mol. The van der Waals surface area contributed by atoms with Gasteiger partial charge in [0.25, 0.3) is 0 Å². The third-order valence-corrected chi connectivity index (χ3v) is 8.19. The molecule has 3 atom stereocenters. The summed E-state index contributed by atoms with van der Waals surface area (Å²) in [5.41, 5.74) is 4.14. The molecule has 9 heteroatoms. The molecule has 3 unspecified atom stereocenters. The lowest BCUT2D eigenvalue weighted by atomic mass is 9.71. The fourth-order valence-corrected chi connectivity index (χ4v) is 6.04. The molecule has 1 N–H and O–H groups in total. The van der Waals surface area contributed by atoms with Gasteiger partial charge in [0.15, 0.2) is 28.8 Å². The van der Waals surface area contributed by atoms with Gasteiger partial charge in [0.2, 0.25) is 0 Å². The first-order chi connectivity index (χ1) is 19.2. The highest BCUT2D eigenvalue weighted by Crippen LogP contribution is 2.49. The highest BCUT2D eigenvalue weighted by atomic mass is 79.9. The van der Waals surface area contributed by atoms with E-state index in [1.54, 1.807) is 28.4 Å². The maximum Gasteiger partial charge on any atom is 0.337 e. The zero-order valence-electron chi connectivity index (χ0n) is 24.0. The van der Waals surface area contributed by atoms with Gasteiger partial charge in [0.05, 0.1) is 44.6 Å². The molecule has 0 fully saturated rings. The summed E-state index contributed by atoms with van der Waals surface area (Å²) in [6.45, 7) is 5.67. The van der Waals surface area contributed by atoms with Crippen molar-refractivity contribution in [1.82, 2.24) is 5.32 Å². The first-order valence-electron chi connectivity index (χ1n) is 13.3. The van der Waals surface area contributed by atoms with Crippen LogP contribution < -0.4 is 24.3 Å². The second-order valence-electron chi connectivity index (χ2n) is 9.99. The van der Waals surface area contributed by atoms with Gasteiger partial charge in [-0.1, -0.05) is 13.0 Å². The van der Waals surface area contributed by atoms with Gasteiger partial charge in [-0.05, 0) is 83.9 Å². The van der Waals surface area contributed by atoms with Gasteiger partial charge < -0.3 is 29.0 Å². The molecule has 0 spiro atoms. The monoisotopic (exact) mass is 613 g/mol. The molecule has 1 aliphatic carbocycles.